The van der Waals surface area contributed by atoms with E-state index in [1.165, 1.54) is 4.68 Å². The lowest BCUT2D eigenvalue weighted by molar-refractivity contribution is -0.170. The van der Waals surface area contributed by atoms with Crippen molar-refractivity contribution < 1.29 is 27.5 Å². The van der Waals surface area contributed by atoms with Gasteiger partial charge in [-0.3, -0.25) is 9.48 Å². The van der Waals surface area contributed by atoms with Crippen LogP contribution in [0.3, 0.4) is 0 Å². The summed E-state index contributed by atoms with van der Waals surface area (Å²) in [5.41, 5.74) is -0.366. The number of aromatic nitrogens is 2. The number of ether oxygens (including phenoxy) is 1. The van der Waals surface area contributed by atoms with E-state index in [2.05, 4.69) is 9.84 Å². The number of rotatable bonds is 4. The zero-order chi connectivity index (χ0) is 15.8. The number of carbonyl (C=O) groups is 2. The molecule has 9 heteroatoms. The highest BCUT2D eigenvalue weighted by atomic mass is 19.4. The van der Waals surface area contributed by atoms with Crippen molar-refractivity contribution in [3.63, 3.8) is 0 Å². The van der Waals surface area contributed by atoms with Crippen LogP contribution in [0.2, 0.25) is 0 Å². The van der Waals surface area contributed by atoms with Gasteiger partial charge >= 0.3 is 18.1 Å². The number of halogens is 3. The van der Waals surface area contributed by atoms with Crippen LogP contribution >= 0.6 is 0 Å². The first-order chi connectivity index (χ1) is 9.75. The minimum absolute atomic E-state index is 0.149. The van der Waals surface area contributed by atoms with Crippen molar-refractivity contribution in [3.05, 3.63) is 11.9 Å². The molecule has 116 valence electrons. The lowest BCUT2D eigenvalue weighted by Crippen LogP contribution is -2.39. The molecule has 21 heavy (non-hydrogen) atoms. The molecular weight excluding hydrogens is 291 g/mol. The van der Waals surface area contributed by atoms with Crippen LogP contribution in [0.15, 0.2) is 6.20 Å². The first-order valence-corrected chi connectivity index (χ1v) is 6.24. The molecule has 2 rings (SSSR count). The van der Waals surface area contributed by atoms with Crippen LogP contribution in [0, 0.1) is 5.92 Å². The lowest BCUT2D eigenvalue weighted by atomic mass is 10.3. The number of nitrogens with zero attached hydrogens (tertiary/aromatic N) is 3. The Morgan fingerprint density at radius 2 is 2.10 bits per heavy atom. The molecule has 0 unspecified atom stereocenters. The molecule has 1 fully saturated rings. The van der Waals surface area contributed by atoms with E-state index in [9.17, 15) is 22.8 Å². The smallest absolute Gasteiger partial charge is 0.464 e. The first-order valence-electron chi connectivity index (χ1n) is 6.24. The molecule has 0 aliphatic heterocycles. The SMILES string of the molecule is COC(=O)c1c(N(C)C(=O)C(F)(F)F)cnn1CC1CC1. The Kier molecular flexibility index (Phi) is 3.93. The molecule has 1 aliphatic rings. The summed E-state index contributed by atoms with van der Waals surface area (Å²) in [4.78, 5) is 23.4. The highest BCUT2D eigenvalue weighted by Crippen LogP contribution is 2.32. The van der Waals surface area contributed by atoms with Crippen LogP contribution in [0.4, 0.5) is 18.9 Å². The van der Waals surface area contributed by atoms with Crippen LogP contribution in [0.25, 0.3) is 0 Å². The fourth-order valence-corrected chi connectivity index (χ4v) is 1.91. The summed E-state index contributed by atoms with van der Waals surface area (Å²) in [5.74, 6) is -2.55. The second-order valence-corrected chi connectivity index (χ2v) is 4.86. The van der Waals surface area contributed by atoms with Gasteiger partial charge in [0.15, 0.2) is 5.69 Å². The number of amides is 1. The van der Waals surface area contributed by atoms with Crippen LogP contribution in [0.1, 0.15) is 23.3 Å². The van der Waals surface area contributed by atoms with Gasteiger partial charge in [0.25, 0.3) is 0 Å². The predicted molar refractivity (Wildman–Crippen MR) is 65.8 cm³/mol. The van der Waals surface area contributed by atoms with Crippen molar-refractivity contribution in [1.82, 2.24) is 9.78 Å². The van der Waals surface area contributed by atoms with Gasteiger partial charge in [0.05, 0.1) is 19.0 Å². The molecule has 1 aromatic heterocycles. The van der Waals surface area contributed by atoms with Crippen molar-refractivity contribution in [2.75, 3.05) is 19.1 Å². The van der Waals surface area contributed by atoms with Crippen molar-refractivity contribution in [1.29, 1.82) is 0 Å². The summed E-state index contributed by atoms with van der Waals surface area (Å²) in [7, 11) is 2.06. The maximum atomic E-state index is 12.5. The Bertz CT molecular complexity index is 564. The third-order valence-electron chi connectivity index (χ3n) is 3.24. The largest absolute Gasteiger partial charge is 0.471 e. The highest BCUT2D eigenvalue weighted by molar-refractivity contribution is 6.03. The van der Waals surface area contributed by atoms with Crippen molar-refractivity contribution in [2.45, 2.75) is 25.6 Å². The van der Waals surface area contributed by atoms with E-state index in [-0.39, 0.29) is 11.4 Å². The molecule has 1 amide bonds. The Morgan fingerprint density at radius 3 is 2.57 bits per heavy atom. The minimum atomic E-state index is -5.03. The zero-order valence-electron chi connectivity index (χ0n) is 11.5. The number of hydrogen-bond acceptors (Lipinski definition) is 4. The van der Waals surface area contributed by atoms with E-state index >= 15 is 0 Å². The number of hydrogen-bond donors (Lipinski definition) is 0. The zero-order valence-corrected chi connectivity index (χ0v) is 11.5. The van der Waals surface area contributed by atoms with Crippen LogP contribution in [0.5, 0.6) is 0 Å². The normalized spacial score (nSPS) is 14.9. The summed E-state index contributed by atoms with van der Waals surface area (Å²) in [6.45, 7) is 0.415. The lowest BCUT2D eigenvalue weighted by Gasteiger charge is -2.18. The van der Waals surface area contributed by atoms with E-state index in [0.29, 0.717) is 17.4 Å². The topological polar surface area (TPSA) is 64.4 Å². The van der Waals surface area contributed by atoms with E-state index in [1.807, 2.05) is 0 Å². The van der Waals surface area contributed by atoms with Gasteiger partial charge in [-0.15, -0.1) is 0 Å². The predicted octanol–water partition coefficient (Wildman–Crippen LogP) is 1.60. The van der Waals surface area contributed by atoms with Gasteiger partial charge in [0.2, 0.25) is 0 Å². The summed E-state index contributed by atoms with van der Waals surface area (Å²) < 4.78 is 43.3. The maximum Gasteiger partial charge on any atom is 0.471 e. The average Bonchev–Trinajstić information content (AvgIpc) is 3.13. The molecule has 0 bridgehead atoms. The second kappa shape index (κ2) is 5.38. The molecule has 1 saturated carbocycles. The number of methoxy groups -OCH3 is 1. The van der Waals surface area contributed by atoms with Gasteiger partial charge in [-0.1, -0.05) is 0 Å². The number of anilines is 1. The van der Waals surface area contributed by atoms with E-state index in [4.69, 9.17) is 0 Å². The fraction of sp³-hybridized carbons (Fsp3) is 0.583. The van der Waals surface area contributed by atoms with Crippen LogP contribution in [-0.4, -0.2) is 42.0 Å². The Balaban J connectivity index is 2.35. The third-order valence-corrected chi connectivity index (χ3v) is 3.24. The average molecular weight is 305 g/mol. The molecule has 0 spiro atoms. The molecule has 1 heterocycles. The van der Waals surface area contributed by atoms with Gasteiger partial charge in [-0.05, 0) is 18.8 Å². The third kappa shape index (κ3) is 3.17. The summed E-state index contributed by atoms with van der Waals surface area (Å²) in [5, 5.41) is 3.91. The fourth-order valence-electron chi connectivity index (χ4n) is 1.91. The summed E-state index contributed by atoms with van der Waals surface area (Å²) in [6.07, 6.45) is -2.00. The first kappa shape index (κ1) is 15.3. The van der Waals surface area contributed by atoms with Crippen molar-refractivity contribution >= 4 is 17.6 Å². The molecule has 6 nitrogen and oxygen atoms in total. The van der Waals surface area contributed by atoms with Gasteiger partial charge in [-0.25, -0.2) is 4.79 Å². The quantitative estimate of drug-likeness (QED) is 0.793. The molecule has 0 N–H and O–H groups in total. The molecule has 1 aliphatic carbocycles. The molecule has 0 radical (unpaired) electrons. The van der Waals surface area contributed by atoms with E-state index in [1.54, 1.807) is 0 Å². The number of alkyl halides is 3. The van der Waals surface area contributed by atoms with Gasteiger partial charge in [0, 0.05) is 13.6 Å². The van der Waals surface area contributed by atoms with Crippen molar-refractivity contribution in [2.24, 2.45) is 5.92 Å². The second-order valence-electron chi connectivity index (χ2n) is 4.86. The monoisotopic (exact) mass is 305 g/mol. The van der Waals surface area contributed by atoms with Crippen LogP contribution in [-0.2, 0) is 16.1 Å². The van der Waals surface area contributed by atoms with Gasteiger partial charge in [0.1, 0.15) is 0 Å². The number of carbonyl (C=O) groups excluding carboxylic acids is 2. The molecular formula is C12H14F3N3O3. The van der Waals surface area contributed by atoms with E-state index < -0.39 is 18.1 Å². The Morgan fingerprint density at radius 1 is 1.48 bits per heavy atom. The summed E-state index contributed by atoms with van der Waals surface area (Å²) >= 11 is 0. The minimum Gasteiger partial charge on any atom is -0.464 e. The molecule has 0 aromatic carbocycles. The highest BCUT2D eigenvalue weighted by Gasteiger charge is 2.43. The standard InChI is InChI=1S/C12H14F3N3O3/c1-17(11(20)12(13,14)15)8-5-16-18(6-7-3-4-7)9(8)10(19)21-2/h5,7H,3-4,6H2,1-2H3. The maximum absolute atomic E-state index is 12.5. The van der Waals surface area contributed by atoms with Gasteiger partial charge in [-0.2, -0.15) is 18.3 Å². The van der Waals surface area contributed by atoms with Gasteiger partial charge < -0.3 is 9.64 Å². The van der Waals surface area contributed by atoms with Crippen LogP contribution < -0.4 is 4.90 Å². The van der Waals surface area contributed by atoms with E-state index in [0.717, 1.165) is 33.2 Å². The molecule has 0 atom stereocenters. The molecule has 0 saturated heterocycles. The Hall–Kier alpha value is -2.06. The number of esters is 1. The van der Waals surface area contributed by atoms with Crippen molar-refractivity contribution in [3.8, 4) is 0 Å². The summed E-state index contributed by atoms with van der Waals surface area (Å²) in [6, 6.07) is 0. The Labute approximate surface area is 118 Å². The molecule has 1 aromatic rings.